The van der Waals surface area contributed by atoms with Crippen LogP contribution in [0, 0.1) is 0 Å². The molecular weight excluding hydrogens is 260 g/mol. The third kappa shape index (κ3) is 3.04. The lowest BCUT2D eigenvalue weighted by atomic mass is 10.2. The van der Waals surface area contributed by atoms with E-state index in [9.17, 15) is 9.00 Å². The number of hydrogen-bond donors (Lipinski definition) is 0. The topological polar surface area (TPSA) is 41.8 Å². The van der Waals surface area contributed by atoms with Gasteiger partial charge in [0, 0.05) is 53.8 Å². The van der Waals surface area contributed by atoms with Crippen LogP contribution >= 0.6 is 0 Å². The number of aromatic nitrogens is 1. The Bertz CT molecular complexity index is 588. The molecule has 102 valence electrons. The number of hydrogen-bond acceptors (Lipinski definition) is 2. The number of pyridine rings is 1. The van der Waals surface area contributed by atoms with Crippen molar-refractivity contribution in [1.82, 2.24) is 9.30 Å². The zero-order valence-corrected chi connectivity index (χ0v) is 12.2. The predicted octanol–water partition coefficient (Wildman–Crippen LogP) is 1.78. The largest absolute Gasteiger partial charge is 0.338 e. The van der Waals surface area contributed by atoms with Gasteiger partial charge in [-0.3, -0.25) is 9.00 Å². The number of carbonyl (C=O) groups excluding carboxylic acids is 1. The summed E-state index contributed by atoms with van der Waals surface area (Å²) < 4.78 is 13.1. The maximum absolute atomic E-state index is 12.4. The van der Waals surface area contributed by atoms with Crippen molar-refractivity contribution in [1.29, 1.82) is 0 Å². The summed E-state index contributed by atoms with van der Waals surface area (Å²) in [6.45, 7) is 1.91. The second kappa shape index (κ2) is 5.57. The van der Waals surface area contributed by atoms with Crippen molar-refractivity contribution in [2.24, 2.45) is 0 Å². The van der Waals surface area contributed by atoms with Gasteiger partial charge in [-0.15, -0.1) is 0 Å². The van der Waals surface area contributed by atoms with Crippen LogP contribution in [-0.2, 0) is 10.8 Å². The Balaban J connectivity index is 2.21. The standard InChI is InChI=1S/C14H18N2O2S/c1-11(10-19(3)18)15(2)14(17)12-8-13-6-4-5-7-16(13)9-12/h4-9,11H,10H2,1-3H3. The first-order valence-corrected chi connectivity index (χ1v) is 7.85. The molecule has 0 radical (unpaired) electrons. The van der Waals surface area contributed by atoms with Crippen LogP contribution in [-0.4, -0.2) is 44.5 Å². The molecule has 0 aromatic carbocycles. The van der Waals surface area contributed by atoms with Crippen molar-refractivity contribution in [2.75, 3.05) is 19.1 Å². The number of fused-ring (bicyclic) bond motifs is 1. The van der Waals surface area contributed by atoms with Gasteiger partial charge in [-0.05, 0) is 25.1 Å². The first-order chi connectivity index (χ1) is 8.99. The van der Waals surface area contributed by atoms with Gasteiger partial charge < -0.3 is 9.30 Å². The van der Waals surface area contributed by atoms with Crippen molar-refractivity contribution in [3.8, 4) is 0 Å². The maximum Gasteiger partial charge on any atom is 0.255 e. The molecule has 0 saturated heterocycles. The average Bonchev–Trinajstić information content (AvgIpc) is 2.79. The smallest absolute Gasteiger partial charge is 0.255 e. The molecule has 4 nitrogen and oxygen atoms in total. The highest BCUT2D eigenvalue weighted by Gasteiger charge is 2.19. The summed E-state index contributed by atoms with van der Waals surface area (Å²) in [6, 6.07) is 7.65. The van der Waals surface area contributed by atoms with Gasteiger partial charge in [-0.25, -0.2) is 0 Å². The van der Waals surface area contributed by atoms with E-state index in [1.807, 2.05) is 48.0 Å². The van der Waals surface area contributed by atoms with E-state index in [4.69, 9.17) is 0 Å². The molecular formula is C14H18N2O2S. The van der Waals surface area contributed by atoms with Gasteiger partial charge in [-0.2, -0.15) is 0 Å². The van der Waals surface area contributed by atoms with Crippen molar-refractivity contribution in [3.63, 3.8) is 0 Å². The lowest BCUT2D eigenvalue weighted by Crippen LogP contribution is -2.38. The Kier molecular flexibility index (Phi) is 4.04. The molecule has 2 atom stereocenters. The molecule has 0 aliphatic rings. The van der Waals surface area contributed by atoms with Gasteiger partial charge in [0.2, 0.25) is 0 Å². The summed E-state index contributed by atoms with van der Waals surface area (Å²) >= 11 is 0. The molecule has 19 heavy (non-hydrogen) atoms. The molecule has 0 aliphatic carbocycles. The molecule has 0 N–H and O–H groups in total. The summed E-state index contributed by atoms with van der Waals surface area (Å²) in [5, 5.41) is 0. The van der Waals surface area contributed by atoms with Crippen LogP contribution in [0.5, 0.6) is 0 Å². The fraction of sp³-hybridized carbons (Fsp3) is 0.357. The summed E-state index contributed by atoms with van der Waals surface area (Å²) in [7, 11) is 0.849. The molecule has 2 aromatic rings. The maximum atomic E-state index is 12.4. The minimum atomic E-state index is -0.903. The lowest BCUT2D eigenvalue weighted by molar-refractivity contribution is 0.0757. The third-order valence-electron chi connectivity index (χ3n) is 3.21. The summed E-state index contributed by atoms with van der Waals surface area (Å²) in [5.41, 5.74) is 1.65. The van der Waals surface area contributed by atoms with Gasteiger partial charge >= 0.3 is 0 Å². The molecule has 2 heterocycles. The summed E-state index contributed by atoms with van der Waals surface area (Å²) in [5.74, 6) is 0.456. The Morgan fingerprint density at radius 1 is 1.47 bits per heavy atom. The lowest BCUT2D eigenvalue weighted by Gasteiger charge is -2.23. The van der Waals surface area contributed by atoms with E-state index in [0.29, 0.717) is 11.3 Å². The molecule has 0 aliphatic heterocycles. The van der Waals surface area contributed by atoms with Gasteiger partial charge in [0.05, 0.1) is 5.56 Å². The van der Waals surface area contributed by atoms with Crippen LogP contribution in [0.25, 0.3) is 5.52 Å². The predicted molar refractivity (Wildman–Crippen MR) is 77.9 cm³/mol. The van der Waals surface area contributed by atoms with Crippen molar-refractivity contribution < 1.29 is 9.00 Å². The highest BCUT2D eigenvalue weighted by molar-refractivity contribution is 7.84. The van der Waals surface area contributed by atoms with Crippen LogP contribution in [0.1, 0.15) is 17.3 Å². The normalized spacial score (nSPS) is 14.3. The Morgan fingerprint density at radius 3 is 2.84 bits per heavy atom. The second-order valence-corrected chi connectivity index (χ2v) is 6.25. The molecule has 2 rings (SSSR count). The van der Waals surface area contributed by atoms with E-state index in [2.05, 4.69) is 0 Å². The Hall–Kier alpha value is -1.62. The molecule has 2 unspecified atom stereocenters. The van der Waals surface area contributed by atoms with Crippen LogP contribution in [0.2, 0.25) is 0 Å². The zero-order chi connectivity index (χ0) is 14.0. The van der Waals surface area contributed by atoms with E-state index in [0.717, 1.165) is 5.52 Å². The Morgan fingerprint density at radius 2 is 2.21 bits per heavy atom. The Labute approximate surface area is 115 Å². The van der Waals surface area contributed by atoms with E-state index >= 15 is 0 Å². The SMILES string of the molecule is CC(CS(C)=O)N(C)C(=O)c1cc2ccccn2c1. The summed E-state index contributed by atoms with van der Waals surface area (Å²) in [4.78, 5) is 14.0. The van der Waals surface area contributed by atoms with Crippen molar-refractivity contribution in [2.45, 2.75) is 13.0 Å². The van der Waals surface area contributed by atoms with E-state index in [1.54, 1.807) is 18.2 Å². The van der Waals surface area contributed by atoms with Crippen LogP contribution in [0.4, 0.5) is 0 Å². The molecule has 0 fully saturated rings. The van der Waals surface area contributed by atoms with Crippen molar-refractivity contribution in [3.05, 3.63) is 42.2 Å². The summed E-state index contributed by atoms with van der Waals surface area (Å²) in [6.07, 6.45) is 5.39. The third-order valence-corrected chi connectivity index (χ3v) is 4.16. The van der Waals surface area contributed by atoms with E-state index in [-0.39, 0.29) is 11.9 Å². The number of rotatable bonds is 4. The zero-order valence-electron chi connectivity index (χ0n) is 11.4. The van der Waals surface area contributed by atoms with Gasteiger partial charge in [0.15, 0.2) is 0 Å². The highest BCUT2D eigenvalue weighted by atomic mass is 32.2. The fourth-order valence-electron chi connectivity index (χ4n) is 2.03. The second-order valence-electron chi connectivity index (χ2n) is 4.77. The quantitative estimate of drug-likeness (QED) is 0.855. The molecule has 0 saturated carbocycles. The van der Waals surface area contributed by atoms with Crippen molar-refractivity contribution >= 4 is 22.2 Å². The first-order valence-electron chi connectivity index (χ1n) is 6.13. The minimum absolute atomic E-state index is 0.0401. The number of amides is 1. The average molecular weight is 278 g/mol. The van der Waals surface area contributed by atoms with E-state index in [1.165, 1.54) is 0 Å². The molecule has 2 aromatic heterocycles. The highest BCUT2D eigenvalue weighted by Crippen LogP contribution is 2.13. The molecule has 0 spiro atoms. The van der Waals surface area contributed by atoms with Gasteiger partial charge in [0.1, 0.15) is 0 Å². The van der Waals surface area contributed by atoms with Crippen LogP contribution in [0.3, 0.4) is 0 Å². The van der Waals surface area contributed by atoms with E-state index < -0.39 is 10.8 Å². The van der Waals surface area contributed by atoms with Crippen LogP contribution in [0.15, 0.2) is 36.7 Å². The number of nitrogens with zero attached hydrogens (tertiary/aromatic N) is 2. The monoisotopic (exact) mass is 278 g/mol. The molecule has 0 bridgehead atoms. The fourth-order valence-corrected chi connectivity index (χ4v) is 2.93. The number of carbonyl (C=O) groups is 1. The first kappa shape index (κ1) is 13.8. The van der Waals surface area contributed by atoms with Gasteiger partial charge in [0.25, 0.3) is 5.91 Å². The minimum Gasteiger partial charge on any atom is -0.338 e. The van der Waals surface area contributed by atoms with Crippen LogP contribution < -0.4 is 0 Å². The molecule has 1 amide bonds. The molecule has 5 heteroatoms. The van der Waals surface area contributed by atoms with Gasteiger partial charge in [-0.1, -0.05) is 6.07 Å².